The molecule has 0 aliphatic heterocycles. The van der Waals surface area contributed by atoms with E-state index in [1.54, 1.807) is 6.92 Å². The second-order valence-corrected chi connectivity index (χ2v) is 2.17. The predicted molar refractivity (Wildman–Crippen MR) is 37.3 cm³/mol. The number of fused-ring (bicyclic) bond motifs is 1. The Labute approximate surface area is 90.8 Å². The number of rotatable bonds is 0. The summed E-state index contributed by atoms with van der Waals surface area (Å²) in [6, 6.07) is 1.41. The van der Waals surface area contributed by atoms with Crippen molar-refractivity contribution in [3.8, 4) is 0 Å². The van der Waals surface area contributed by atoms with Crippen molar-refractivity contribution in [2.75, 3.05) is 0 Å². The van der Waals surface area contributed by atoms with Crippen molar-refractivity contribution < 1.29 is 31.0 Å². The number of H-pyrrole nitrogens is 1. The second kappa shape index (κ2) is 3.34. The van der Waals surface area contributed by atoms with E-state index in [2.05, 4.69) is 20.5 Å². The minimum Gasteiger partial charge on any atom is -1.00 e. The Morgan fingerprint density at radius 2 is 2.42 bits per heavy atom. The molecule has 0 spiro atoms. The van der Waals surface area contributed by atoms with Crippen LogP contribution in [0.15, 0.2) is 10.9 Å². The first-order chi connectivity index (χ1) is 5.27. The van der Waals surface area contributed by atoms with Crippen LogP contribution in [0.5, 0.6) is 0 Å². The van der Waals surface area contributed by atoms with Crippen molar-refractivity contribution in [3.05, 3.63) is 22.1 Å². The van der Waals surface area contributed by atoms with Crippen molar-refractivity contribution in [1.29, 1.82) is 0 Å². The van der Waals surface area contributed by atoms with Gasteiger partial charge in [-0.05, 0) is 12.1 Å². The molecule has 0 bridgehead atoms. The van der Waals surface area contributed by atoms with E-state index in [9.17, 15) is 4.79 Å². The molecule has 0 aliphatic rings. The molecule has 2 aromatic rings. The minimum atomic E-state index is -0.197. The first-order valence-corrected chi connectivity index (χ1v) is 3.05. The summed E-state index contributed by atoms with van der Waals surface area (Å²) in [7, 11) is 0. The van der Waals surface area contributed by atoms with Gasteiger partial charge in [-0.1, -0.05) is 5.10 Å². The molecule has 0 unspecified atom stereocenters. The molecule has 2 heterocycles. The van der Waals surface area contributed by atoms with Gasteiger partial charge in [0.05, 0.1) is 0 Å². The molecule has 1 N–H and O–H groups in total. The van der Waals surface area contributed by atoms with Crippen LogP contribution in [0, 0.1) is 6.92 Å². The number of nitrogens with one attached hydrogen (secondary N) is 1. The molecule has 0 aliphatic carbocycles. The van der Waals surface area contributed by atoms with E-state index in [1.807, 2.05) is 0 Å². The first kappa shape index (κ1) is 9.37. The summed E-state index contributed by atoms with van der Waals surface area (Å²) in [4.78, 5) is 15.0. The van der Waals surface area contributed by atoms with Gasteiger partial charge in [0.25, 0.3) is 11.3 Å². The summed E-state index contributed by atoms with van der Waals surface area (Å²) in [5, 5.41) is 9.41. The monoisotopic (exact) mass is 175 g/mol. The van der Waals surface area contributed by atoms with E-state index in [1.165, 1.54) is 10.6 Å². The Morgan fingerprint density at radius 1 is 1.67 bits per heavy atom. The van der Waals surface area contributed by atoms with Crippen LogP contribution in [0.2, 0.25) is 0 Å². The summed E-state index contributed by atoms with van der Waals surface area (Å²) in [5.74, 6) is 0.301. The molecule has 0 atom stereocenters. The second-order valence-electron chi connectivity index (χ2n) is 2.17. The number of hydrogen-bond acceptors (Lipinski definition) is 4. The van der Waals surface area contributed by atoms with Crippen LogP contribution >= 0.6 is 0 Å². The predicted octanol–water partition coefficient (Wildman–Crippen LogP) is -3.76. The minimum absolute atomic E-state index is 0. The van der Waals surface area contributed by atoms with Crippen molar-refractivity contribution in [3.63, 3.8) is 0 Å². The van der Waals surface area contributed by atoms with E-state index in [0.29, 0.717) is 11.5 Å². The maximum atomic E-state index is 11.1. The zero-order chi connectivity index (χ0) is 7.84. The van der Waals surface area contributed by atoms with Crippen molar-refractivity contribution in [2.24, 2.45) is 0 Å². The van der Waals surface area contributed by atoms with Crippen LogP contribution in [0.3, 0.4) is 0 Å². The van der Waals surface area contributed by atoms with Gasteiger partial charge in [0.1, 0.15) is 0 Å². The number of hydrogen-bond donors (Lipinski definition) is 1. The third-order valence-corrected chi connectivity index (χ3v) is 1.31. The van der Waals surface area contributed by atoms with Gasteiger partial charge in [-0.25, -0.2) is 4.98 Å². The molecule has 12 heavy (non-hydrogen) atoms. The van der Waals surface area contributed by atoms with Crippen LogP contribution < -0.4 is 35.1 Å². The van der Waals surface area contributed by atoms with Gasteiger partial charge in [-0.3, -0.25) is 4.79 Å². The van der Waals surface area contributed by atoms with Gasteiger partial charge >= 0.3 is 29.6 Å². The molecule has 0 saturated heterocycles. The SMILES string of the molecule is Cc1cc(=O)n2[nH]nnc2n1.[H-].[Na+]. The average molecular weight is 175 g/mol. The van der Waals surface area contributed by atoms with Gasteiger partial charge < -0.3 is 1.43 Å². The quantitative estimate of drug-likeness (QED) is 0.417. The first-order valence-electron chi connectivity index (χ1n) is 3.05. The molecular weight excluding hydrogens is 169 g/mol. The Morgan fingerprint density at radius 3 is 3.17 bits per heavy atom. The van der Waals surface area contributed by atoms with Crippen molar-refractivity contribution in [1.82, 2.24) is 25.0 Å². The molecule has 0 radical (unpaired) electrons. The third-order valence-electron chi connectivity index (χ3n) is 1.31. The van der Waals surface area contributed by atoms with Gasteiger partial charge in [0, 0.05) is 11.8 Å². The Hall–Kier alpha value is -0.720. The summed E-state index contributed by atoms with van der Waals surface area (Å²) < 4.78 is 1.17. The number of aryl methyl sites for hydroxylation is 1. The van der Waals surface area contributed by atoms with Crippen LogP contribution in [0.25, 0.3) is 5.78 Å². The molecule has 6 nitrogen and oxygen atoms in total. The largest absolute Gasteiger partial charge is 1.00 e. The molecule has 0 aromatic carbocycles. The fourth-order valence-corrected chi connectivity index (χ4v) is 0.855. The average Bonchev–Trinajstić information content (AvgIpc) is 2.34. The third kappa shape index (κ3) is 1.40. The van der Waals surface area contributed by atoms with E-state index >= 15 is 0 Å². The Kier molecular flexibility index (Phi) is 2.61. The number of aromatic amines is 1. The summed E-state index contributed by atoms with van der Waals surface area (Å²) in [6.45, 7) is 1.73. The van der Waals surface area contributed by atoms with Crippen LogP contribution in [0.1, 0.15) is 7.12 Å². The molecule has 0 fully saturated rings. The summed E-state index contributed by atoms with van der Waals surface area (Å²) in [6.07, 6.45) is 0. The van der Waals surface area contributed by atoms with Crippen molar-refractivity contribution in [2.45, 2.75) is 6.92 Å². The van der Waals surface area contributed by atoms with Gasteiger partial charge in [-0.15, -0.1) is 0 Å². The van der Waals surface area contributed by atoms with Gasteiger partial charge in [-0.2, -0.15) is 9.73 Å². The normalized spacial score (nSPS) is 9.75. The summed E-state index contributed by atoms with van der Waals surface area (Å²) in [5.41, 5.74) is 0.446. The fraction of sp³-hybridized carbons (Fsp3) is 0.200. The Bertz CT molecular complexity index is 451. The Balaban J connectivity index is 0.000000720. The van der Waals surface area contributed by atoms with Gasteiger partial charge in [0.15, 0.2) is 0 Å². The van der Waals surface area contributed by atoms with E-state index < -0.39 is 0 Å². The number of nitrogens with zero attached hydrogens (tertiary/aromatic N) is 4. The van der Waals surface area contributed by atoms with E-state index in [4.69, 9.17) is 0 Å². The zero-order valence-corrected chi connectivity index (χ0v) is 8.77. The molecule has 2 aromatic heterocycles. The molecule has 7 heteroatoms. The fourth-order valence-electron chi connectivity index (χ4n) is 0.855. The number of tetrazole rings is 1. The maximum absolute atomic E-state index is 11.1. The number of aromatic nitrogens is 5. The van der Waals surface area contributed by atoms with E-state index in [-0.39, 0.29) is 36.5 Å². The molecule has 58 valence electrons. The zero-order valence-electron chi connectivity index (χ0n) is 7.77. The summed E-state index contributed by atoms with van der Waals surface area (Å²) >= 11 is 0. The van der Waals surface area contributed by atoms with Crippen LogP contribution in [-0.4, -0.2) is 25.0 Å². The molecular formula is C5H6N5NaO. The molecule has 0 saturated carbocycles. The maximum Gasteiger partial charge on any atom is 1.00 e. The molecule has 0 amide bonds. The molecule has 2 rings (SSSR count). The topological polar surface area (TPSA) is 75.9 Å². The standard InChI is InChI=1S/C5H5N5O.Na.H/c1-3-2-4(11)10-5(6-3)7-8-9-10;;/h2H,1H3,(H,6,7,9);;/q;+1;-1. The van der Waals surface area contributed by atoms with Crippen LogP contribution in [0.4, 0.5) is 0 Å². The smallest absolute Gasteiger partial charge is 1.00 e. The van der Waals surface area contributed by atoms with E-state index in [0.717, 1.165) is 0 Å². The van der Waals surface area contributed by atoms with Gasteiger partial charge in [0.2, 0.25) is 0 Å². The van der Waals surface area contributed by atoms with Crippen molar-refractivity contribution >= 4 is 5.78 Å². The van der Waals surface area contributed by atoms with Crippen LogP contribution in [-0.2, 0) is 0 Å².